The number of hydrogen-bond donors (Lipinski definition) is 1. The van der Waals surface area contributed by atoms with Gasteiger partial charge < -0.3 is 10.1 Å². The zero-order chi connectivity index (χ0) is 17.6. The highest BCUT2D eigenvalue weighted by atomic mass is 79.9. The van der Waals surface area contributed by atoms with Gasteiger partial charge in [-0.25, -0.2) is 4.39 Å². The van der Waals surface area contributed by atoms with Crippen molar-refractivity contribution in [3.05, 3.63) is 93.7 Å². The van der Waals surface area contributed by atoms with Crippen LogP contribution in [0.15, 0.2) is 71.2 Å². The molecule has 0 aliphatic carbocycles. The second kappa shape index (κ2) is 8.17. The fourth-order valence-corrected chi connectivity index (χ4v) is 2.96. The Morgan fingerprint density at radius 3 is 2.60 bits per heavy atom. The highest BCUT2D eigenvalue weighted by molar-refractivity contribution is 9.10. The van der Waals surface area contributed by atoms with E-state index in [1.54, 1.807) is 12.1 Å². The molecule has 25 heavy (non-hydrogen) atoms. The van der Waals surface area contributed by atoms with Gasteiger partial charge in [0.05, 0.1) is 0 Å². The van der Waals surface area contributed by atoms with Crippen molar-refractivity contribution in [2.45, 2.75) is 20.1 Å². The predicted molar refractivity (Wildman–Crippen MR) is 103 cm³/mol. The van der Waals surface area contributed by atoms with Gasteiger partial charge in [0.2, 0.25) is 0 Å². The maximum atomic E-state index is 13.8. The minimum atomic E-state index is -0.251. The van der Waals surface area contributed by atoms with E-state index in [2.05, 4.69) is 40.3 Å². The van der Waals surface area contributed by atoms with E-state index in [1.165, 1.54) is 11.6 Å². The van der Waals surface area contributed by atoms with E-state index in [0.717, 1.165) is 21.5 Å². The lowest BCUT2D eigenvalue weighted by atomic mass is 10.1. The molecule has 0 amide bonds. The fraction of sp³-hybridized carbons (Fsp3) is 0.143. The monoisotopic (exact) mass is 399 g/mol. The van der Waals surface area contributed by atoms with Gasteiger partial charge in [-0.15, -0.1) is 0 Å². The Hall–Kier alpha value is -2.33. The van der Waals surface area contributed by atoms with E-state index >= 15 is 0 Å². The Balaban J connectivity index is 1.73. The minimum absolute atomic E-state index is 0.200. The summed E-state index contributed by atoms with van der Waals surface area (Å²) in [4.78, 5) is 0. The van der Waals surface area contributed by atoms with Crippen molar-refractivity contribution in [1.29, 1.82) is 0 Å². The van der Waals surface area contributed by atoms with Crippen LogP contribution in [-0.4, -0.2) is 0 Å². The third-order valence-corrected chi connectivity index (χ3v) is 4.36. The highest BCUT2D eigenvalue weighted by Crippen LogP contribution is 2.25. The summed E-state index contributed by atoms with van der Waals surface area (Å²) in [6, 6.07) is 20.7. The van der Waals surface area contributed by atoms with Crippen LogP contribution in [0.5, 0.6) is 5.75 Å². The van der Waals surface area contributed by atoms with Gasteiger partial charge in [0.25, 0.3) is 0 Å². The number of aryl methyl sites for hydroxylation is 1. The van der Waals surface area contributed by atoms with E-state index in [4.69, 9.17) is 4.74 Å². The number of hydrogen-bond acceptors (Lipinski definition) is 2. The average Bonchev–Trinajstić information content (AvgIpc) is 2.60. The lowest BCUT2D eigenvalue weighted by molar-refractivity contribution is 0.297. The first-order valence-corrected chi connectivity index (χ1v) is 8.86. The Kier molecular flexibility index (Phi) is 5.71. The molecule has 1 N–H and O–H groups in total. The molecule has 0 aliphatic rings. The quantitative estimate of drug-likeness (QED) is 0.541. The average molecular weight is 400 g/mol. The molecule has 0 atom stereocenters. The molecule has 3 aromatic carbocycles. The van der Waals surface area contributed by atoms with E-state index in [-0.39, 0.29) is 12.4 Å². The molecule has 0 bridgehead atoms. The van der Waals surface area contributed by atoms with Gasteiger partial charge in [-0.1, -0.05) is 46.3 Å². The van der Waals surface area contributed by atoms with Crippen molar-refractivity contribution in [3.63, 3.8) is 0 Å². The van der Waals surface area contributed by atoms with Gasteiger partial charge in [0, 0.05) is 27.8 Å². The van der Waals surface area contributed by atoms with Crippen LogP contribution in [0.3, 0.4) is 0 Å². The summed E-state index contributed by atoms with van der Waals surface area (Å²) < 4.78 is 20.6. The van der Waals surface area contributed by atoms with Crippen LogP contribution in [0.4, 0.5) is 10.1 Å². The van der Waals surface area contributed by atoms with E-state index in [1.807, 2.05) is 36.4 Å². The molecule has 0 unspecified atom stereocenters. The van der Waals surface area contributed by atoms with Crippen LogP contribution >= 0.6 is 15.9 Å². The summed E-state index contributed by atoms with van der Waals surface area (Å²) in [6.07, 6.45) is 0. The zero-order valence-electron chi connectivity index (χ0n) is 13.9. The van der Waals surface area contributed by atoms with Crippen LogP contribution in [0.25, 0.3) is 0 Å². The Morgan fingerprint density at radius 1 is 0.960 bits per heavy atom. The molecular formula is C21H19BrFNO. The first-order chi connectivity index (χ1) is 12.1. The van der Waals surface area contributed by atoms with Gasteiger partial charge in [-0.2, -0.15) is 0 Å². The topological polar surface area (TPSA) is 21.3 Å². The van der Waals surface area contributed by atoms with E-state index in [0.29, 0.717) is 12.1 Å². The van der Waals surface area contributed by atoms with Gasteiger partial charge in [0.1, 0.15) is 18.2 Å². The summed E-state index contributed by atoms with van der Waals surface area (Å²) in [6.45, 7) is 2.88. The number of rotatable bonds is 6. The Labute approximate surface area is 155 Å². The molecule has 0 radical (unpaired) electrons. The zero-order valence-corrected chi connectivity index (χ0v) is 15.5. The maximum Gasteiger partial charge on any atom is 0.129 e. The van der Waals surface area contributed by atoms with Crippen LogP contribution in [0, 0.1) is 12.7 Å². The summed E-state index contributed by atoms with van der Waals surface area (Å²) in [5.74, 6) is 0.491. The lowest BCUT2D eigenvalue weighted by Gasteiger charge is -2.14. The molecule has 3 aromatic rings. The number of benzene rings is 3. The molecule has 0 fully saturated rings. The number of anilines is 1. The summed E-state index contributed by atoms with van der Waals surface area (Å²) in [5.41, 5.74) is 3.81. The number of nitrogens with one attached hydrogen (secondary N) is 1. The van der Waals surface area contributed by atoms with Gasteiger partial charge in [-0.05, 0) is 48.9 Å². The van der Waals surface area contributed by atoms with Crippen LogP contribution < -0.4 is 10.1 Å². The van der Waals surface area contributed by atoms with Crippen molar-refractivity contribution < 1.29 is 9.13 Å². The van der Waals surface area contributed by atoms with Crippen molar-refractivity contribution in [2.24, 2.45) is 0 Å². The minimum Gasteiger partial charge on any atom is -0.488 e. The van der Waals surface area contributed by atoms with Crippen LogP contribution in [-0.2, 0) is 13.2 Å². The molecule has 0 spiro atoms. The molecule has 0 saturated carbocycles. The van der Waals surface area contributed by atoms with E-state index < -0.39 is 0 Å². The molecule has 3 rings (SSSR count). The number of halogens is 2. The molecular weight excluding hydrogens is 381 g/mol. The van der Waals surface area contributed by atoms with Crippen molar-refractivity contribution in [3.8, 4) is 5.75 Å². The lowest BCUT2D eigenvalue weighted by Crippen LogP contribution is -2.04. The number of ether oxygens (including phenoxy) is 1. The van der Waals surface area contributed by atoms with Gasteiger partial charge >= 0.3 is 0 Å². The maximum absolute atomic E-state index is 13.8. The first-order valence-electron chi connectivity index (χ1n) is 8.07. The molecule has 0 saturated heterocycles. The second-order valence-corrected chi connectivity index (χ2v) is 6.77. The fourth-order valence-electron chi connectivity index (χ4n) is 2.55. The molecule has 2 nitrogen and oxygen atoms in total. The first kappa shape index (κ1) is 17.5. The smallest absolute Gasteiger partial charge is 0.129 e. The van der Waals surface area contributed by atoms with Crippen LogP contribution in [0.2, 0.25) is 0 Å². The largest absolute Gasteiger partial charge is 0.488 e. The van der Waals surface area contributed by atoms with Gasteiger partial charge in [0.15, 0.2) is 0 Å². The predicted octanol–water partition coefficient (Wildman–Crippen LogP) is 6.09. The Bertz CT molecular complexity index is 866. The SMILES string of the molecule is Cc1cccc(NCc2cc(Br)ccc2OCc2ccccc2F)c1. The molecule has 128 valence electrons. The Morgan fingerprint density at radius 2 is 1.80 bits per heavy atom. The third kappa shape index (κ3) is 4.83. The van der Waals surface area contributed by atoms with Crippen molar-refractivity contribution in [1.82, 2.24) is 0 Å². The summed E-state index contributed by atoms with van der Waals surface area (Å²) in [5, 5.41) is 3.40. The summed E-state index contributed by atoms with van der Waals surface area (Å²) >= 11 is 3.50. The second-order valence-electron chi connectivity index (χ2n) is 5.86. The normalized spacial score (nSPS) is 10.5. The molecule has 0 aromatic heterocycles. The van der Waals surface area contributed by atoms with Crippen molar-refractivity contribution >= 4 is 21.6 Å². The molecule has 0 heterocycles. The third-order valence-electron chi connectivity index (χ3n) is 3.86. The standard InChI is InChI=1S/C21H19BrFNO/c1-15-5-4-7-19(11-15)24-13-17-12-18(22)9-10-21(17)25-14-16-6-2-3-8-20(16)23/h2-12,24H,13-14H2,1H3. The van der Waals surface area contributed by atoms with Crippen LogP contribution in [0.1, 0.15) is 16.7 Å². The van der Waals surface area contributed by atoms with E-state index in [9.17, 15) is 4.39 Å². The summed E-state index contributed by atoms with van der Waals surface area (Å²) in [7, 11) is 0. The molecule has 0 aliphatic heterocycles. The van der Waals surface area contributed by atoms with Gasteiger partial charge in [-0.3, -0.25) is 0 Å². The molecule has 4 heteroatoms. The van der Waals surface area contributed by atoms with Crippen molar-refractivity contribution in [2.75, 3.05) is 5.32 Å². The highest BCUT2D eigenvalue weighted by Gasteiger charge is 2.07.